The van der Waals surface area contributed by atoms with E-state index < -0.39 is 5.97 Å². The molecule has 0 saturated heterocycles. The van der Waals surface area contributed by atoms with E-state index in [1.54, 1.807) is 31.2 Å². The second-order valence-electron chi connectivity index (χ2n) is 3.67. The maximum atomic E-state index is 11.2. The van der Waals surface area contributed by atoms with Crippen LogP contribution >= 0.6 is 0 Å². The third kappa shape index (κ3) is 4.46. The number of carbonyl (C=O) groups excluding carboxylic acids is 1. The summed E-state index contributed by atoms with van der Waals surface area (Å²) in [6.07, 6.45) is 3.24. The molecule has 0 aromatic heterocycles. The molecule has 0 unspecified atom stereocenters. The maximum absolute atomic E-state index is 11.2. The fraction of sp³-hybridized carbons (Fsp3) is 0.286. The van der Waals surface area contributed by atoms with Crippen molar-refractivity contribution in [3.63, 3.8) is 0 Å². The minimum absolute atomic E-state index is 0.101. The van der Waals surface area contributed by atoms with Gasteiger partial charge in [0, 0.05) is 0 Å². The van der Waals surface area contributed by atoms with Gasteiger partial charge in [-0.3, -0.25) is 4.79 Å². The Morgan fingerprint density at radius 2 is 2.11 bits per heavy atom. The van der Waals surface area contributed by atoms with Crippen molar-refractivity contribution >= 4 is 18.0 Å². The molecule has 0 atom stereocenters. The summed E-state index contributed by atoms with van der Waals surface area (Å²) >= 11 is 0. The molecule has 19 heavy (non-hydrogen) atoms. The van der Waals surface area contributed by atoms with Crippen LogP contribution in [0.3, 0.4) is 0 Å². The minimum Gasteiger partial charge on any atom is -0.497 e. The first kappa shape index (κ1) is 14.8. The standard InChI is InChI=1S/C14H16O5/c1-3-19-13(15)6-4-5-10-9-11(18-2)7-8-12(10)14(16)17/h4-5,7-9H,3,6H2,1-2H3,(H,16,17). The number of rotatable bonds is 6. The molecule has 1 aromatic rings. The molecule has 0 saturated carbocycles. The Kier molecular flexibility index (Phi) is 5.60. The zero-order valence-corrected chi connectivity index (χ0v) is 10.9. The van der Waals surface area contributed by atoms with E-state index in [9.17, 15) is 9.59 Å². The number of carbonyl (C=O) groups is 2. The van der Waals surface area contributed by atoms with Gasteiger partial charge in [0.15, 0.2) is 0 Å². The first-order valence-corrected chi connectivity index (χ1v) is 5.82. The van der Waals surface area contributed by atoms with Gasteiger partial charge in [0.1, 0.15) is 5.75 Å². The highest BCUT2D eigenvalue weighted by atomic mass is 16.5. The van der Waals surface area contributed by atoms with Crippen LogP contribution in [-0.4, -0.2) is 30.8 Å². The maximum Gasteiger partial charge on any atom is 0.336 e. The Balaban J connectivity index is 2.88. The molecule has 0 amide bonds. The fourth-order valence-corrected chi connectivity index (χ4v) is 1.50. The summed E-state index contributed by atoms with van der Waals surface area (Å²) < 4.78 is 9.81. The van der Waals surface area contributed by atoms with Crippen molar-refractivity contribution in [3.8, 4) is 5.75 Å². The number of carboxylic acids is 1. The average Bonchev–Trinajstić information content (AvgIpc) is 2.38. The van der Waals surface area contributed by atoms with Gasteiger partial charge in [-0.05, 0) is 30.7 Å². The second kappa shape index (κ2) is 7.20. The molecule has 0 fully saturated rings. The van der Waals surface area contributed by atoms with Crippen LogP contribution < -0.4 is 4.74 Å². The Bertz CT molecular complexity index is 491. The number of hydrogen-bond acceptors (Lipinski definition) is 4. The highest BCUT2D eigenvalue weighted by Crippen LogP contribution is 2.19. The van der Waals surface area contributed by atoms with E-state index in [2.05, 4.69) is 0 Å². The molecule has 1 N–H and O–H groups in total. The molecular weight excluding hydrogens is 248 g/mol. The lowest BCUT2D eigenvalue weighted by Gasteiger charge is -2.05. The average molecular weight is 264 g/mol. The second-order valence-corrected chi connectivity index (χ2v) is 3.67. The van der Waals surface area contributed by atoms with Crippen molar-refractivity contribution in [3.05, 3.63) is 35.4 Å². The van der Waals surface area contributed by atoms with Gasteiger partial charge in [-0.1, -0.05) is 12.2 Å². The number of aromatic carboxylic acids is 1. The summed E-state index contributed by atoms with van der Waals surface area (Å²) in [6, 6.07) is 4.64. The molecule has 5 heteroatoms. The Morgan fingerprint density at radius 1 is 1.37 bits per heavy atom. The normalized spacial score (nSPS) is 10.4. The molecule has 1 rings (SSSR count). The van der Waals surface area contributed by atoms with Crippen molar-refractivity contribution in [1.82, 2.24) is 0 Å². The smallest absolute Gasteiger partial charge is 0.336 e. The zero-order valence-electron chi connectivity index (χ0n) is 10.9. The minimum atomic E-state index is -1.03. The molecule has 5 nitrogen and oxygen atoms in total. The molecule has 0 radical (unpaired) electrons. The Hall–Kier alpha value is -2.30. The summed E-state index contributed by atoms with van der Waals surface area (Å²) in [5.74, 6) is -0.822. The molecule has 0 aliphatic heterocycles. The largest absolute Gasteiger partial charge is 0.497 e. The molecule has 1 aromatic carbocycles. The monoisotopic (exact) mass is 264 g/mol. The van der Waals surface area contributed by atoms with Gasteiger partial charge in [0.2, 0.25) is 0 Å². The zero-order chi connectivity index (χ0) is 14.3. The molecule has 0 heterocycles. The van der Waals surface area contributed by atoms with Crippen LogP contribution in [-0.2, 0) is 9.53 Å². The number of hydrogen-bond donors (Lipinski definition) is 1. The topological polar surface area (TPSA) is 72.8 Å². The van der Waals surface area contributed by atoms with Crippen molar-refractivity contribution in [1.29, 1.82) is 0 Å². The molecule has 0 spiro atoms. The van der Waals surface area contributed by atoms with Gasteiger partial charge in [0.25, 0.3) is 0 Å². The van der Waals surface area contributed by atoms with E-state index in [4.69, 9.17) is 14.6 Å². The van der Waals surface area contributed by atoms with Gasteiger partial charge in [-0.2, -0.15) is 0 Å². The predicted octanol–water partition coefficient (Wildman–Crippen LogP) is 2.36. The number of esters is 1. The summed E-state index contributed by atoms with van der Waals surface area (Å²) in [7, 11) is 1.50. The quantitative estimate of drug-likeness (QED) is 0.798. The molecule has 0 aliphatic carbocycles. The van der Waals surface area contributed by atoms with Crippen LogP contribution in [0.4, 0.5) is 0 Å². The van der Waals surface area contributed by atoms with Crippen molar-refractivity contribution in [2.45, 2.75) is 13.3 Å². The lowest BCUT2D eigenvalue weighted by Crippen LogP contribution is -2.02. The van der Waals surface area contributed by atoms with E-state index in [1.165, 1.54) is 13.2 Å². The van der Waals surface area contributed by atoms with Gasteiger partial charge in [0.05, 0.1) is 25.7 Å². The summed E-state index contributed by atoms with van der Waals surface area (Å²) in [5, 5.41) is 9.06. The summed E-state index contributed by atoms with van der Waals surface area (Å²) in [4.78, 5) is 22.2. The van der Waals surface area contributed by atoms with Crippen LogP contribution in [0.25, 0.3) is 6.08 Å². The Labute approximate surface area is 111 Å². The van der Waals surface area contributed by atoms with Crippen LogP contribution in [0.2, 0.25) is 0 Å². The third-order valence-electron chi connectivity index (χ3n) is 2.38. The van der Waals surface area contributed by atoms with Gasteiger partial charge in [-0.15, -0.1) is 0 Å². The van der Waals surface area contributed by atoms with E-state index in [0.29, 0.717) is 17.9 Å². The third-order valence-corrected chi connectivity index (χ3v) is 2.38. The van der Waals surface area contributed by atoms with E-state index >= 15 is 0 Å². The van der Waals surface area contributed by atoms with Crippen LogP contribution in [0.15, 0.2) is 24.3 Å². The van der Waals surface area contributed by atoms with E-state index in [1.807, 2.05) is 0 Å². The van der Waals surface area contributed by atoms with Crippen LogP contribution in [0, 0.1) is 0 Å². The number of ether oxygens (including phenoxy) is 2. The Morgan fingerprint density at radius 3 is 2.68 bits per heavy atom. The highest BCUT2D eigenvalue weighted by molar-refractivity contribution is 5.92. The highest BCUT2D eigenvalue weighted by Gasteiger charge is 2.09. The SMILES string of the molecule is CCOC(=O)CC=Cc1cc(OC)ccc1C(=O)O. The van der Waals surface area contributed by atoms with Gasteiger partial charge >= 0.3 is 11.9 Å². The number of methoxy groups -OCH3 is 1. The lowest BCUT2D eigenvalue weighted by atomic mass is 10.1. The summed E-state index contributed by atoms with van der Waals surface area (Å²) in [5.41, 5.74) is 0.636. The van der Waals surface area contributed by atoms with Crippen molar-refractivity contribution in [2.75, 3.05) is 13.7 Å². The van der Waals surface area contributed by atoms with E-state index in [-0.39, 0.29) is 18.0 Å². The first-order valence-electron chi connectivity index (χ1n) is 5.82. The van der Waals surface area contributed by atoms with Crippen molar-refractivity contribution < 1.29 is 24.2 Å². The van der Waals surface area contributed by atoms with Gasteiger partial charge in [-0.25, -0.2) is 4.79 Å². The van der Waals surface area contributed by atoms with Crippen molar-refractivity contribution in [2.24, 2.45) is 0 Å². The lowest BCUT2D eigenvalue weighted by molar-refractivity contribution is -0.142. The molecule has 0 aliphatic rings. The van der Waals surface area contributed by atoms with Gasteiger partial charge < -0.3 is 14.6 Å². The molecule has 0 bridgehead atoms. The number of carboxylic acid groups (broad SMARTS) is 1. The number of benzene rings is 1. The van der Waals surface area contributed by atoms with Crippen LogP contribution in [0.1, 0.15) is 29.3 Å². The summed E-state index contributed by atoms with van der Waals surface area (Å²) in [6.45, 7) is 2.05. The van der Waals surface area contributed by atoms with Crippen LogP contribution in [0.5, 0.6) is 5.75 Å². The predicted molar refractivity (Wildman–Crippen MR) is 70.2 cm³/mol. The molecule has 102 valence electrons. The van der Waals surface area contributed by atoms with E-state index in [0.717, 1.165) is 0 Å². The molecular formula is C14H16O5. The first-order chi connectivity index (χ1) is 9.08. The fourth-order valence-electron chi connectivity index (χ4n) is 1.50.